The van der Waals surface area contributed by atoms with E-state index in [0.29, 0.717) is 19.8 Å². The minimum Gasteiger partial charge on any atom is -0.481 e. The van der Waals surface area contributed by atoms with Crippen molar-refractivity contribution in [2.45, 2.75) is 19.4 Å². The highest BCUT2D eigenvalue weighted by Crippen LogP contribution is 1.89. The van der Waals surface area contributed by atoms with Gasteiger partial charge in [0.1, 0.15) is 0 Å². The van der Waals surface area contributed by atoms with Gasteiger partial charge >= 0.3 is 5.97 Å². The van der Waals surface area contributed by atoms with Crippen molar-refractivity contribution in [2.75, 3.05) is 26.3 Å². The number of aliphatic hydroxyl groups excluding tert-OH is 1. The molecule has 1 unspecified atom stereocenters. The number of carbonyl (C=O) groups is 1. The molecule has 0 amide bonds. The van der Waals surface area contributed by atoms with Crippen molar-refractivity contribution < 1.29 is 19.7 Å². The van der Waals surface area contributed by atoms with Crippen molar-refractivity contribution in [1.29, 1.82) is 0 Å². The maximum atomic E-state index is 10.2. The molecule has 5 heteroatoms. The van der Waals surface area contributed by atoms with E-state index < -0.39 is 12.1 Å². The summed E-state index contributed by atoms with van der Waals surface area (Å²) in [6.45, 7) is 7.46. The number of carboxylic acids is 1. The fourth-order valence-corrected chi connectivity index (χ4v) is 0.933. The van der Waals surface area contributed by atoms with Crippen LogP contribution in [0.3, 0.4) is 0 Å². The molecule has 15 heavy (non-hydrogen) atoms. The van der Waals surface area contributed by atoms with Crippen LogP contribution in [0.4, 0.5) is 0 Å². The molecule has 0 heterocycles. The van der Waals surface area contributed by atoms with Gasteiger partial charge in [0.15, 0.2) is 0 Å². The Bertz CT molecular complexity index is 206. The Morgan fingerprint density at radius 1 is 1.60 bits per heavy atom. The summed E-state index contributed by atoms with van der Waals surface area (Å²) >= 11 is 0. The van der Waals surface area contributed by atoms with Crippen molar-refractivity contribution in [3.05, 3.63) is 12.2 Å². The van der Waals surface area contributed by atoms with Crippen LogP contribution in [-0.4, -0.2) is 48.6 Å². The topological polar surface area (TPSA) is 78.8 Å². The lowest BCUT2D eigenvalue weighted by Crippen LogP contribution is -2.31. The highest BCUT2D eigenvalue weighted by atomic mass is 16.5. The third-order valence-corrected chi connectivity index (χ3v) is 1.56. The third kappa shape index (κ3) is 11.0. The quantitative estimate of drug-likeness (QED) is 0.374. The summed E-state index contributed by atoms with van der Waals surface area (Å²) in [6, 6.07) is 0. The molecule has 0 aromatic rings. The Kier molecular flexibility index (Phi) is 7.89. The first-order valence-electron chi connectivity index (χ1n) is 4.85. The predicted molar refractivity (Wildman–Crippen MR) is 56.8 cm³/mol. The first-order chi connectivity index (χ1) is 7.02. The molecular weight excluding hydrogens is 198 g/mol. The molecule has 0 radical (unpaired) electrons. The van der Waals surface area contributed by atoms with Crippen LogP contribution in [0, 0.1) is 0 Å². The van der Waals surface area contributed by atoms with Gasteiger partial charge in [-0.05, 0) is 6.92 Å². The van der Waals surface area contributed by atoms with Gasteiger partial charge in [0.2, 0.25) is 0 Å². The maximum Gasteiger partial charge on any atom is 0.306 e. The second-order valence-electron chi connectivity index (χ2n) is 3.47. The lowest BCUT2D eigenvalue weighted by atomic mass is 10.2. The van der Waals surface area contributed by atoms with E-state index in [9.17, 15) is 4.79 Å². The molecule has 0 fully saturated rings. The molecule has 0 aliphatic carbocycles. The predicted octanol–water partition coefficient (Wildman–Crippen LogP) is 0.00430. The second-order valence-corrected chi connectivity index (χ2v) is 3.47. The van der Waals surface area contributed by atoms with Gasteiger partial charge in [0.05, 0.1) is 25.7 Å². The third-order valence-electron chi connectivity index (χ3n) is 1.56. The van der Waals surface area contributed by atoms with Gasteiger partial charge in [-0.15, -0.1) is 0 Å². The monoisotopic (exact) mass is 217 g/mol. The van der Waals surface area contributed by atoms with Gasteiger partial charge in [-0.1, -0.05) is 12.2 Å². The van der Waals surface area contributed by atoms with E-state index in [2.05, 4.69) is 11.9 Å². The lowest BCUT2D eigenvalue weighted by Gasteiger charge is -2.09. The van der Waals surface area contributed by atoms with Crippen LogP contribution in [-0.2, 0) is 9.53 Å². The number of ether oxygens (including phenoxy) is 1. The van der Waals surface area contributed by atoms with Crippen molar-refractivity contribution in [3.63, 3.8) is 0 Å². The Balaban J connectivity index is 3.23. The van der Waals surface area contributed by atoms with Gasteiger partial charge in [-0.3, -0.25) is 4.79 Å². The van der Waals surface area contributed by atoms with Crippen LogP contribution in [0.15, 0.2) is 12.2 Å². The van der Waals surface area contributed by atoms with Crippen LogP contribution < -0.4 is 5.32 Å². The zero-order valence-corrected chi connectivity index (χ0v) is 9.03. The van der Waals surface area contributed by atoms with Crippen molar-refractivity contribution in [2.24, 2.45) is 0 Å². The molecule has 0 aromatic heterocycles. The van der Waals surface area contributed by atoms with E-state index >= 15 is 0 Å². The van der Waals surface area contributed by atoms with E-state index in [0.717, 1.165) is 5.57 Å². The molecule has 88 valence electrons. The Labute approximate surface area is 89.7 Å². The van der Waals surface area contributed by atoms with Gasteiger partial charge in [-0.25, -0.2) is 0 Å². The van der Waals surface area contributed by atoms with Crippen LogP contribution in [0.25, 0.3) is 0 Å². The van der Waals surface area contributed by atoms with Crippen molar-refractivity contribution in [3.8, 4) is 0 Å². The zero-order chi connectivity index (χ0) is 11.7. The van der Waals surface area contributed by atoms with E-state index in [1.165, 1.54) is 0 Å². The minimum absolute atomic E-state index is 0.236. The van der Waals surface area contributed by atoms with Crippen molar-refractivity contribution in [1.82, 2.24) is 5.32 Å². The highest BCUT2D eigenvalue weighted by molar-refractivity contribution is 5.67. The summed E-state index contributed by atoms with van der Waals surface area (Å²) in [4.78, 5) is 10.2. The number of hydrogen-bond donors (Lipinski definition) is 3. The Morgan fingerprint density at radius 2 is 2.27 bits per heavy atom. The van der Waals surface area contributed by atoms with Crippen LogP contribution in [0.2, 0.25) is 0 Å². The Morgan fingerprint density at radius 3 is 2.80 bits per heavy atom. The fraction of sp³-hybridized carbons (Fsp3) is 0.700. The second kappa shape index (κ2) is 8.40. The fourth-order valence-electron chi connectivity index (χ4n) is 0.933. The van der Waals surface area contributed by atoms with E-state index in [-0.39, 0.29) is 13.0 Å². The zero-order valence-electron chi connectivity index (χ0n) is 9.03. The van der Waals surface area contributed by atoms with Gasteiger partial charge in [0.25, 0.3) is 0 Å². The number of aliphatic carboxylic acids is 1. The summed E-state index contributed by atoms with van der Waals surface area (Å²) in [7, 11) is 0. The minimum atomic E-state index is -0.997. The SMILES string of the molecule is C=C(C)COCCNCC(O)CC(=O)O. The number of nitrogens with one attached hydrogen (secondary N) is 1. The molecule has 0 bridgehead atoms. The molecule has 5 nitrogen and oxygen atoms in total. The summed E-state index contributed by atoms with van der Waals surface area (Å²) in [5, 5.41) is 20.4. The van der Waals surface area contributed by atoms with Crippen LogP contribution in [0.1, 0.15) is 13.3 Å². The van der Waals surface area contributed by atoms with Crippen LogP contribution in [0.5, 0.6) is 0 Å². The largest absolute Gasteiger partial charge is 0.481 e. The number of rotatable bonds is 9. The highest BCUT2D eigenvalue weighted by Gasteiger charge is 2.07. The van der Waals surface area contributed by atoms with Crippen LogP contribution >= 0.6 is 0 Å². The normalized spacial score (nSPS) is 12.4. The molecule has 0 aromatic carbocycles. The smallest absolute Gasteiger partial charge is 0.306 e. The lowest BCUT2D eigenvalue weighted by molar-refractivity contribution is -0.139. The molecular formula is C10H19NO4. The summed E-state index contributed by atoms with van der Waals surface area (Å²) < 4.78 is 5.20. The van der Waals surface area contributed by atoms with E-state index in [4.69, 9.17) is 14.9 Å². The molecule has 0 saturated carbocycles. The van der Waals surface area contributed by atoms with E-state index in [1.807, 2.05) is 6.92 Å². The average molecular weight is 217 g/mol. The number of carboxylic acid groups (broad SMARTS) is 1. The van der Waals surface area contributed by atoms with Gasteiger partial charge < -0.3 is 20.3 Å². The summed E-state index contributed by atoms with van der Waals surface area (Å²) in [6.07, 6.45) is -1.08. The average Bonchev–Trinajstić information content (AvgIpc) is 2.09. The molecule has 1 atom stereocenters. The Hall–Kier alpha value is -0.910. The summed E-state index contributed by atoms with van der Waals surface area (Å²) in [5.41, 5.74) is 0.959. The molecule has 0 aliphatic rings. The van der Waals surface area contributed by atoms with Crippen molar-refractivity contribution >= 4 is 5.97 Å². The molecule has 0 rings (SSSR count). The number of aliphatic hydroxyl groups is 1. The first kappa shape index (κ1) is 14.1. The molecule has 0 aliphatic heterocycles. The molecule has 0 spiro atoms. The standard InChI is InChI=1S/C10H19NO4/c1-8(2)7-15-4-3-11-6-9(12)5-10(13)14/h9,11-12H,1,3-7H2,2H3,(H,13,14). The number of hydrogen-bond acceptors (Lipinski definition) is 4. The first-order valence-corrected chi connectivity index (χ1v) is 4.85. The molecule has 3 N–H and O–H groups in total. The summed E-state index contributed by atoms with van der Waals surface area (Å²) in [5.74, 6) is -0.997. The van der Waals surface area contributed by atoms with E-state index in [1.54, 1.807) is 0 Å². The molecule has 0 saturated heterocycles. The van der Waals surface area contributed by atoms with Gasteiger partial charge in [0, 0.05) is 13.1 Å². The van der Waals surface area contributed by atoms with Gasteiger partial charge in [-0.2, -0.15) is 0 Å². The maximum absolute atomic E-state index is 10.2.